The van der Waals surface area contributed by atoms with E-state index < -0.39 is 10.0 Å². The van der Waals surface area contributed by atoms with Crippen molar-refractivity contribution in [2.45, 2.75) is 11.8 Å². The van der Waals surface area contributed by atoms with Crippen LogP contribution in [-0.4, -0.2) is 8.42 Å². The fraction of sp³-hybridized carbons (Fsp3) is 0.0769. The smallest absolute Gasteiger partial charge is 0.261 e. The van der Waals surface area contributed by atoms with E-state index in [9.17, 15) is 8.42 Å². The van der Waals surface area contributed by atoms with Crippen molar-refractivity contribution in [3.63, 3.8) is 0 Å². The molecule has 0 atom stereocenters. The molecule has 87 valence electrons. The summed E-state index contributed by atoms with van der Waals surface area (Å²) in [6, 6.07) is 16.3. The van der Waals surface area contributed by atoms with Crippen LogP contribution in [0.25, 0.3) is 0 Å². The van der Waals surface area contributed by atoms with Gasteiger partial charge in [0.1, 0.15) is 0 Å². The van der Waals surface area contributed by atoms with Crippen molar-refractivity contribution in [1.82, 2.24) is 0 Å². The quantitative estimate of drug-likeness (QED) is 0.904. The number of hydrogen-bond donors (Lipinski definition) is 1. The predicted molar refractivity (Wildman–Crippen MR) is 67.3 cm³/mol. The molecule has 0 fully saturated rings. The maximum absolute atomic E-state index is 12.0. The minimum atomic E-state index is -3.50. The van der Waals surface area contributed by atoms with Crippen LogP contribution in [0.2, 0.25) is 0 Å². The topological polar surface area (TPSA) is 46.2 Å². The van der Waals surface area contributed by atoms with Crippen LogP contribution in [0.15, 0.2) is 53.4 Å². The van der Waals surface area contributed by atoms with E-state index in [1.54, 1.807) is 48.5 Å². The first-order valence-corrected chi connectivity index (χ1v) is 6.62. The van der Waals surface area contributed by atoms with Crippen LogP contribution in [0, 0.1) is 13.0 Å². The highest BCUT2D eigenvalue weighted by Crippen LogP contribution is 2.18. The summed E-state index contributed by atoms with van der Waals surface area (Å²) in [6.07, 6.45) is 0. The molecule has 1 radical (unpaired) electrons. The van der Waals surface area contributed by atoms with Crippen LogP contribution in [0.4, 0.5) is 5.69 Å². The van der Waals surface area contributed by atoms with Gasteiger partial charge in [-0.05, 0) is 42.8 Å². The summed E-state index contributed by atoms with van der Waals surface area (Å²) >= 11 is 0. The molecule has 4 heteroatoms. The molecule has 0 saturated carbocycles. The fourth-order valence-corrected chi connectivity index (χ4v) is 2.58. The van der Waals surface area contributed by atoms with Crippen LogP contribution >= 0.6 is 0 Å². The molecule has 0 aliphatic rings. The van der Waals surface area contributed by atoms with E-state index in [-0.39, 0.29) is 4.90 Å². The molecule has 1 N–H and O–H groups in total. The zero-order valence-corrected chi connectivity index (χ0v) is 10.2. The third kappa shape index (κ3) is 2.65. The molecule has 2 aromatic carbocycles. The Morgan fingerprint density at radius 3 is 2.47 bits per heavy atom. The monoisotopic (exact) mass is 246 g/mol. The molecule has 0 aromatic heterocycles. The number of rotatable bonds is 3. The van der Waals surface area contributed by atoms with Gasteiger partial charge in [-0.15, -0.1) is 0 Å². The second-order valence-electron chi connectivity index (χ2n) is 3.66. The summed E-state index contributed by atoms with van der Waals surface area (Å²) in [5.41, 5.74) is 1.42. The third-order valence-electron chi connectivity index (χ3n) is 2.37. The second kappa shape index (κ2) is 4.59. The Kier molecular flexibility index (Phi) is 3.15. The zero-order chi connectivity index (χ0) is 12.3. The predicted octanol–water partition coefficient (Wildman–Crippen LogP) is 2.60. The Morgan fingerprint density at radius 1 is 1.12 bits per heavy atom. The van der Waals surface area contributed by atoms with E-state index >= 15 is 0 Å². The highest BCUT2D eigenvalue weighted by Gasteiger charge is 2.13. The van der Waals surface area contributed by atoms with Crippen LogP contribution in [-0.2, 0) is 10.0 Å². The Bertz CT molecular complexity index is 606. The van der Waals surface area contributed by atoms with Crippen molar-refractivity contribution in [3.05, 3.63) is 60.2 Å². The number of hydrogen-bond acceptors (Lipinski definition) is 2. The van der Waals surface area contributed by atoms with Crippen LogP contribution < -0.4 is 4.72 Å². The average molecular weight is 246 g/mol. The molecule has 17 heavy (non-hydrogen) atoms. The van der Waals surface area contributed by atoms with Crippen LogP contribution in [0.1, 0.15) is 5.56 Å². The molecular weight excluding hydrogens is 234 g/mol. The van der Waals surface area contributed by atoms with E-state index in [1.807, 2.05) is 6.92 Å². The lowest BCUT2D eigenvalue weighted by atomic mass is 10.2. The van der Waals surface area contributed by atoms with E-state index in [0.717, 1.165) is 5.56 Å². The van der Waals surface area contributed by atoms with Crippen molar-refractivity contribution in [1.29, 1.82) is 0 Å². The largest absolute Gasteiger partial charge is 0.279 e. The molecule has 2 aromatic rings. The van der Waals surface area contributed by atoms with Gasteiger partial charge in [0.15, 0.2) is 0 Å². The van der Waals surface area contributed by atoms with Crippen molar-refractivity contribution in [2.24, 2.45) is 0 Å². The summed E-state index contributed by atoms with van der Waals surface area (Å²) in [4.78, 5) is 0.257. The van der Waals surface area contributed by atoms with E-state index in [2.05, 4.69) is 10.8 Å². The zero-order valence-electron chi connectivity index (χ0n) is 9.34. The van der Waals surface area contributed by atoms with Crippen molar-refractivity contribution >= 4 is 15.7 Å². The Balaban J connectivity index is 2.34. The minimum absolute atomic E-state index is 0.257. The van der Waals surface area contributed by atoms with Gasteiger partial charge in [-0.2, -0.15) is 0 Å². The van der Waals surface area contributed by atoms with Crippen LogP contribution in [0.5, 0.6) is 0 Å². The van der Waals surface area contributed by atoms with E-state index in [4.69, 9.17) is 0 Å². The van der Waals surface area contributed by atoms with Gasteiger partial charge in [0.05, 0.1) is 10.6 Å². The lowest BCUT2D eigenvalue weighted by Gasteiger charge is -2.09. The molecule has 2 rings (SSSR count). The minimum Gasteiger partial charge on any atom is -0.279 e. The number of aryl methyl sites for hydroxylation is 1. The summed E-state index contributed by atoms with van der Waals surface area (Å²) in [6.45, 7) is 1.83. The molecule has 0 unspecified atom stereocenters. The second-order valence-corrected chi connectivity index (χ2v) is 5.34. The first-order valence-electron chi connectivity index (χ1n) is 5.14. The van der Waals surface area contributed by atoms with Crippen molar-refractivity contribution in [3.8, 4) is 0 Å². The Labute approximate surface area is 101 Å². The third-order valence-corrected chi connectivity index (χ3v) is 3.75. The van der Waals surface area contributed by atoms with Gasteiger partial charge in [-0.3, -0.25) is 4.72 Å². The summed E-state index contributed by atoms with van der Waals surface area (Å²) in [7, 11) is -3.50. The van der Waals surface area contributed by atoms with Crippen molar-refractivity contribution in [2.75, 3.05) is 4.72 Å². The normalized spacial score (nSPS) is 11.1. The summed E-state index contributed by atoms with van der Waals surface area (Å²) < 4.78 is 26.6. The number of anilines is 1. The van der Waals surface area contributed by atoms with E-state index in [0.29, 0.717) is 5.69 Å². The fourth-order valence-electron chi connectivity index (χ4n) is 1.43. The molecule has 0 amide bonds. The van der Waals surface area contributed by atoms with Gasteiger partial charge >= 0.3 is 0 Å². The van der Waals surface area contributed by atoms with Gasteiger partial charge in [-0.1, -0.05) is 24.3 Å². The molecular formula is C13H12NO2S. The number of sulfonamides is 1. The molecule has 0 saturated heterocycles. The van der Waals surface area contributed by atoms with Gasteiger partial charge < -0.3 is 0 Å². The van der Waals surface area contributed by atoms with E-state index in [1.165, 1.54) is 0 Å². The maximum atomic E-state index is 12.0. The highest BCUT2D eigenvalue weighted by atomic mass is 32.2. The standard InChI is InChI=1S/C13H12NO2S/c1-11-7-5-6-10-13(11)14-17(15,16)12-8-3-2-4-9-12/h2-4,6-10,14H,1H3. The van der Waals surface area contributed by atoms with Gasteiger partial charge in [-0.25, -0.2) is 8.42 Å². The molecule has 0 bridgehead atoms. The molecule has 0 spiro atoms. The van der Waals surface area contributed by atoms with Crippen molar-refractivity contribution < 1.29 is 8.42 Å². The molecule has 0 aliphatic carbocycles. The first kappa shape index (κ1) is 11.7. The average Bonchev–Trinajstić information content (AvgIpc) is 2.33. The Morgan fingerprint density at radius 2 is 1.82 bits per heavy atom. The lowest BCUT2D eigenvalue weighted by Crippen LogP contribution is -2.13. The highest BCUT2D eigenvalue weighted by molar-refractivity contribution is 7.92. The summed E-state index contributed by atoms with van der Waals surface area (Å²) in [5.74, 6) is 0. The lowest BCUT2D eigenvalue weighted by molar-refractivity contribution is 0.601. The van der Waals surface area contributed by atoms with Gasteiger partial charge in [0, 0.05) is 0 Å². The summed E-state index contributed by atoms with van der Waals surface area (Å²) in [5, 5.41) is 0. The van der Waals surface area contributed by atoms with Crippen LogP contribution in [0.3, 0.4) is 0 Å². The SMILES string of the molecule is Cc1c[c]ccc1NS(=O)(=O)c1ccccc1. The Hall–Kier alpha value is -1.81. The maximum Gasteiger partial charge on any atom is 0.261 e. The molecule has 3 nitrogen and oxygen atoms in total. The van der Waals surface area contributed by atoms with Gasteiger partial charge in [0.25, 0.3) is 10.0 Å². The number of benzene rings is 2. The number of nitrogens with one attached hydrogen (secondary N) is 1. The van der Waals surface area contributed by atoms with Gasteiger partial charge in [0.2, 0.25) is 0 Å². The molecule has 0 heterocycles. The molecule has 0 aliphatic heterocycles. The first-order chi connectivity index (χ1) is 8.09.